The van der Waals surface area contributed by atoms with E-state index in [1.165, 1.54) is 6.26 Å². The lowest BCUT2D eigenvalue weighted by Gasteiger charge is -2.55. The molecule has 1 aliphatic heterocycles. The average molecular weight is 425 g/mol. The van der Waals surface area contributed by atoms with E-state index >= 15 is 0 Å². The first kappa shape index (κ1) is 21.1. The Morgan fingerprint density at radius 2 is 1.48 bits per heavy atom. The fourth-order valence-electron chi connectivity index (χ4n) is 6.44. The van der Waals surface area contributed by atoms with Gasteiger partial charge in [-0.05, 0) is 76.5 Å². The zero-order valence-corrected chi connectivity index (χ0v) is 18.9. The highest BCUT2D eigenvalue weighted by molar-refractivity contribution is 7.91. The second kappa shape index (κ2) is 7.86. The van der Waals surface area contributed by atoms with Crippen molar-refractivity contribution in [3.05, 3.63) is 0 Å². The predicted molar refractivity (Wildman–Crippen MR) is 112 cm³/mol. The Labute approximate surface area is 175 Å². The first-order valence-corrected chi connectivity index (χ1v) is 13.4. The van der Waals surface area contributed by atoms with Crippen LogP contribution in [-0.4, -0.2) is 66.2 Å². The molecular formula is C22H36N2O4S. The van der Waals surface area contributed by atoms with Gasteiger partial charge in [-0.25, -0.2) is 8.42 Å². The van der Waals surface area contributed by atoms with E-state index < -0.39 is 9.84 Å². The molecule has 29 heavy (non-hydrogen) atoms. The maximum absolute atomic E-state index is 13.0. The van der Waals surface area contributed by atoms with E-state index in [2.05, 4.69) is 11.8 Å². The molecule has 0 radical (unpaired) electrons. The molecule has 0 aromatic rings. The molecule has 4 aliphatic rings. The van der Waals surface area contributed by atoms with Crippen LogP contribution in [0.2, 0.25) is 0 Å². The van der Waals surface area contributed by atoms with Crippen molar-refractivity contribution in [1.82, 2.24) is 9.80 Å². The number of piperazine rings is 1. The first-order valence-electron chi connectivity index (χ1n) is 11.4. The van der Waals surface area contributed by atoms with Gasteiger partial charge in [0.1, 0.15) is 9.84 Å². The van der Waals surface area contributed by atoms with E-state index in [0.29, 0.717) is 24.3 Å². The second-order valence-corrected chi connectivity index (χ2v) is 12.4. The van der Waals surface area contributed by atoms with Gasteiger partial charge in [-0.2, -0.15) is 0 Å². The number of rotatable bonds is 3. The molecule has 3 aliphatic carbocycles. The minimum atomic E-state index is -2.94. The molecule has 6 nitrogen and oxygen atoms in total. The van der Waals surface area contributed by atoms with Gasteiger partial charge in [0.05, 0.1) is 17.3 Å². The molecular weight excluding hydrogens is 388 g/mol. The van der Waals surface area contributed by atoms with Crippen molar-refractivity contribution in [3.8, 4) is 0 Å². The highest BCUT2D eigenvalue weighted by atomic mass is 32.2. The van der Waals surface area contributed by atoms with Gasteiger partial charge in [0.2, 0.25) is 11.8 Å². The second-order valence-electron chi connectivity index (χ2n) is 10.1. The lowest BCUT2D eigenvalue weighted by molar-refractivity contribution is -0.155. The lowest BCUT2D eigenvalue weighted by atomic mass is 9.69. The van der Waals surface area contributed by atoms with Crippen LogP contribution < -0.4 is 0 Å². The Bertz CT molecular complexity index is 755. The molecule has 3 unspecified atom stereocenters. The number of hydrogen-bond acceptors (Lipinski definition) is 4. The van der Waals surface area contributed by atoms with Crippen molar-refractivity contribution < 1.29 is 18.0 Å². The number of amides is 2. The van der Waals surface area contributed by atoms with Gasteiger partial charge in [0.15, 0.2) is 0 Å². The summed E-state index contributed by atoms with van der Waals surface area (Å²) in [7, 11) is -2.94. The summed E-state index contributed by atoms with van der Waals surface area (Å²) in [6.07, 6.45) is 9.89. The zero-order chi connectivity index (χ0) is 20.9. The molecule has 4 atom stereocenters. The number of carbonyl (C=O) groups is 2. The molecule has 0 N–H and O–H groups in total. The summed E-state index contributed by atoms with van der Waals surface area (Å²) in [6, 6.07) is 0.357. The third-order valence-electron chi connectivity index (χ3n) is 8.08. The van der Waals surface area contributed by atoms with Gasteiger partial charge >= 0.3 is 0 Å². The van der Waals surface area contributed by atoms with Crippen LogP contribution in [0.4, 0.5) is 0 Å². The van der Waals surface area contributed by atoms with Gasteiger partial charge in [-0.3, -0.25) is 9.59 Å². The third kappa shape index (κ3) is 4.21. The molecule has 0 aromatic heterocycles. The van der Waals surface area contributed by atoms with Crippen LogP contribution in [0.25, 0.3) is 0 Å². The van der Waals surface area contributed by atoms with Crippen LogP contribution in [0.15, 0.2) is 0 Å². The number of sulfone groups is 1. The number of carbonyl (C=O) groups excluding carboxylic acids is 2. The van der Waals surface area contributed by atoms with E-state index in [-0.39, 0.29) is 35.2 Å². The van der Waals surface area contributed by atoms with Gasteiger partial charge < -0.3 is 9.80 Å². The molecule has 0 bridgehead atoms. The van der Waals surface area contributed by atoms with Crippen LogP contribution in [0.5, 0.6) is 0 Å². The number of nitrogens with zero attached hydrogens (tertiary/aromatic N) is 2. The lowest BCUT2D eigenvalue weighted by Crippen LogP contribution is -2.67. The smallest absolute Gasteiger partial charge is 0.226 e. The summed E-state index contributed by atoms with van der Waals surface area (Å²) in [4.78, 5) is 29.6. The van der Waals surface area contributed by atoms with Gasteiger partial charge in [0, 0.05) is 31.7 Å². The van der Waals surface area contributed by atoms with Crippen molar-refractivity contribution in [2.45, 2.75) is 95.0 Å². The molecule has 4 fully saturated rings. The average Bonchev–Trinajstić information content (AvgIpc) is 3.51. The fourth-order valence-corrected chi connectivity index (χ4v) is 7.56. The Balaban J connectivity index is 1.48. The molecule has 0 spiro atoms. The fraction of sp³-hybridized carbons (Fsp3) is 0.909. The summed E-state index contributed by atoms with van der Waals surface area (Å²) < 4.78 is 23.8. The quantitative estimate of drug-likeness (QED) is 0.698. The largest absolute Gasteiger partial charge is 0.335 e. The maximum atomic E-state index is 13.0. The Kier molecular flexibility index (Phi) is 5.73. The highest BCUT2D eigenvalue weighted by Crippen LogP contribution is 2.44. The normalized spacial score (nSPS) is 38.4. The SMILES string of the molecule is CC(=O)N1C2CCC(C3CCC(S(C)(=O)=O)CC3)CC2N(C(=O)C2CC2)C[C@@H]1C. The summed E-state index contributed by atoms with van der Waals surface area (Å²) in [6.45, 7) is 4.39. The third-order valence-corrected chi connectivity index (χ3v) is 9.76. The van der Waals surface area contributed by atoms with Crippen LogP contribution in [0.3, 0.4) is 0 Å². The first-order chi connectivity index (χ1) is 13.7. The molecule has 3 saturated carbocycles. The van der Waals surface area contributed by atoms with Crippen LogP contribution >= 0.6 is 0 Å². The summed E-state index contributed by atoms with van der Waals surface area (Å²) in [5.41, 5.74) is 0. The van der Waals surface area contributed by atoms with Crippen molar-refractivity contribution >= 4 is 21.7 Å². The van der Waals surface area contributed by atoms with Gasteiger partial charge in [-0.1, -0.05) is 0 Å². The van der Waals surface area contributed by atoms with Crippen molar-refractivity contribution in [2.75, 3.05) is 12.8 Å². The monoisotopic (exact) mass is 424 g/mol. The van der Waals surface area contributed by atoms with E-state index in [4.69, 9.17) is 0 Å². The van der Waals surface area contributed by atoms with Crippen LogP contribution in [0, 0.1) is 17.8 Å². The summed E-state index contributed by atoms with van der Waals surface area (Å²) >= 11 is 0. The molecule has 1 heterocycles. The standard InChI is InChI=1S/C22H36N2O4S/c1-14-13-23(22(26)17-4-5-17)21-12-18(8-11-20(21)24(14)15(2)25)16-6-9-19(10-7-16)29(3,27)28/h14,16-21H,4-13H2,1-3H3/t14-,16?,18?,19?,20?,21?/m0/s1. The van der Waals surface area contributed by atoms with Crippen molar-refractivity contribution in [1.29, 1.82) is 0 Å². The van der Waals surface area contributed by atoms with Gasteiger partial charge in [0.25, 0.3) is 0 Å². The van der Waals surface area contributed by atoms with Crippen molar-refractivity contribution in [3.63, 3.8) is 0 Å². The van der Waals surface area contributed by atoms with Crippen LogP contribution in [0.1, 0.15) is 71.6 Å². The molecule has 0 aromatic carbocycles. The molecule has 164 valence electrons. The van der Waals surface area contributed by atoms with E-state index in [1.54, 1.807) is 6.92 Å². The summed E-state index contributed by atoms with van der Waals surface area (Å²) in [5, 5.41) is -0.174. The number of hydrogen-bond donors (Lipinski definition) is 0. The van der Waals surface area contributed by atoms with Crippen LogP contribution in [-0.2, 0) is 19.4 Å². The molecule has 1 saturated heterocycles. The minimum absolute atomic E-state index is 0.0817. The van der Waals surface area contributed by atoms with Gasteiger partial charge in [-0.15, -0.1) is 0 Å². The Morgan fingerprint density at radius 1 is 0.862 bits per heavy atom. The zero-order valence-electron chi connectivity index (χ0n) is 18.0. The molecule has 4 rings (SSSR count). The van der Waals surface area contributed by atoms with E-state index in [9.17, 15) is 18.0 Å². The number of fused-ring (bicyclic) bond motifs is 1. The molecule has 2 amide bonds. The van der Waals surface area contributed by atoms with Crippen molar-refractivity contribution in [2.24, 2.45) is 17.8 Å². The Morgan fingerprint density at radius 3 is 2.03 bits per heavy atom. The maximum Gasteiger partial charge on any atom is 0.226 e. The minimum Gasteiger partial charge on any atom is -0.335 e. The van der Waals surface area contributed by atoms with E-state index in [0.717, 1.165) is 57.8 Å². The summed E-state index contributed by atoms with van der Waals surface area (Å²) in [5.74, 6) is 1.72. The topological polar surface area (TPSA) is 74.8 Å². The highest BCUT2D eigenvalue weighted by Gasteiger charge is 2.49. The molecule has 7 heteroatoms. The predicted octanol–water partition coefficient (Wildman–Crippen LogP) is 2.62. The van der Waals surface area contributed by atoms with E-state index in [1.807, 2.05) is 4.90 Å². The Hall–Kier alpha value is -1.11.